The van der Waals surface area contributed by atoms with E-state index >= 15 is 0 Å². The number of aromatic nitrogens is 1. The van der Waals surface area contributed by atoms with E-state index in [1.54, 1.807) is 31.3 Å². The van der Waals surface area contributed by atoms with E-state index in [0.717, 1.165) is 5.69 Å². The molecule has 1 aromatic carbocycles. The van der Waals surface area contributed by atoms with Gasteiger partial charge in [-0.25, -0.2) is 4.39 Å². The lowest BCUT2D eigenvalue weighted by molar-refractivity contribution is 0.0739. The quantitative estimate of drug-likeness (QED) is 0.862. The van der Waals surface area contributed by atoms with E-state index in [1.807, 2.05) is 26.8 Å². The van der Waals surface area contributed by atoms with Crippen LogP contribution < -0.4 is 0 Å². The van der Waals surface area contributed by atoms with Gasteiger partial charge in [-0.3, -0.25) is 9.78 Å². The Bertz CT molecular complexity index is 670. The number of nitrogens with zero attached hydrogens (tertiary/aromatic N) is 2. The molecule has 0 fully saturated rings. The first kappa shape index (κ1) is 15.2. The van der Waals surface area contributed by atoms with Crippen LogP contribution in [0.4, 0.5) is 4.39 Å². The second kappa shape index (κ2) is 6.04. The van der Waals surface area contributed by atoms with E-state index in [1.165, 1.54) is 11.0 Å². The lowest BCUT2D eigenvalue weighted by Gasteiger charge is -2.26. The predicted octanol–water partition coefficient (Wildman–Crippen LogP) is 3.67. The molecule has 0 saturated carbocycles. The Morgan fingerprint density at radius 2 is 1.86 bits per heavy atom. The SMILES string of the molecule is Cc1ccc(C(=O)N(C)C(C)c2ccccc2F)c(C)n1. The van der Waals surface area contributed by atoms with Crippen molar-refractivity contribution in [1.29, 1.82) is 0 Å². The average molecular weight is 286 g/mol. The molecule has 21 heavy (non-hydrogen) atoms. The van der Waals surface area contributed by atoms with Crippen LogP contribution in [0.5, 0.6) is 0 Å². The number of halogens is 1. The molecular weight excluding hydrogens is 267 g/mol. The van der Waals surface area contributed by atoms with Crippen LogP contribution in [-0.4, -0.2) is 22.8 Å². The highest BCUT2D eigenvalue weighted by Crippen LogP contribution is 2.23. The summed E-state index contributed by atoms with van der Waals surface area (Å²) in [4.78, 5) is 18.4. The van der Waals surface area contributed by atoms with Crippen LogP contribution in [0.1, 0.15) is 40.3 Å². The van der Waals surface area contributed by atoms with Crippen molar-refractivity contribution in [3.05, 3.63) is 64.7 Å². The Kier molecular flexibility index (Phi) is 4.36. The molecule has 0 N–H and O–H groups in total. The first-order valence-corrected chi connectivity index (χ1v) is 6.87. The summed E-state index contributed by atoms with van der Waals surface area (Å²) in [5.74, 6) is -0.459. The first-order chi connectivity index (χ1) is 9.91. The summed E-state index contributed by atoms with van der Waals surface area (Å²) in [6, 6.07) is 9.74. The summed E-state index contributed by atoms with van der Waals surface area (Å²) in [5, 5.41) is 0. The number of amides is 1. The maximum Gasteiger partial charge on any atom is 0.255 e. The molecule has 1 aromatic heterocycles. The zero-order chi connectivity index (χ0) is 15.6. The summed E-state index contributed by atoms with van der Waals surface area (Å²) < 4.78 is 13.8. The van der Waals surface area contributed by atoms with Gasteiger partial charge in [-0.1, -0.05) is 18.2 Å². The van der Waals surface area contributed by atoms with Crippen LogP contribution in [0.15, 0.2) is 36.4 Å². The van der Waals surface area contributed by atoms with Crippen molar-refractivity contribution in [3.63, 3.8) is 0 Å². The zero-order valence-corrected chi connectivity index (χ0v) is 12.7. The fourth-order valence-corrected chi connectivity index (χ4v) is 2.30. The monoisotopic (exact) mass is 286 g/mol. The molecule has 1 amide bonds. The van der Waals surface area contributed by atoms with E-state index in [4.69, 9.17) is 0 Å². The topological polar surface area (TPSA) is 33.2 Å². The third kappa shape index (κ3) is 3.10. The van der Waals surface area contributed by atoms with Crippen molar-refractivity contribution in [2.45, 2.75) is 26.8 Å². The number of pyridine rings is 1. The van der Waals surface area contributed by atoms with Crippen LogP contribution in [0.3, 0.4) is 0 Å². The number of aryl methyl sites for hydroxylation is 2. The van der Waals surface area contributed by atoms with E-state index in [-0.39, 0.29) is 17.8 Å². The van der Waals surface area contributed by atoms with E-state index in [0.29, 0.717) is 16.8 Å². The third-order valence-electron chi connectivity index (χ3n) is 3.71. The number of rotatable bonds is 3. The summed E-state index contributed by atoms with van der Waals surface area (Å²) in [6.45, 7) is 5.50. The summed E-state index contributed by atoms with van der Waals surface area (Å²) in [5.41, 5.74) is 2.61. The molecule has 0 aliphatic rings. The highest BCUT2D eigenvalue weighted by atomic mass is 19.1. The smallest absolute Gasteiger partial charge is 0.255 e. The van der Waals surface area contributed by atoms with Crippen LogP contribution in [0.25, 0.3) is 0 Å². The van der Waals surface area contributed by atoms with Crippen molar-refractivity contribution in [2.24, 2.45) is 0 Å². The van der Waals surface area contributed by atoms with Crippen LogP contribution >= 0.6 is 0 Å². The normalized spacial score (nSPS) is 12.0. The minimum absolute atomic E-state index is 0.157. The molecule has 1 unspecified atom stereocenters. The minimum atomic E-state index is -0.348. The van der Waals surface area contributed by atoms with Gasteiger partial charge in [0.05, 0.1) is 17.3 Å². The largest absolute Gasteiger partial charge is 0.335 e. The molecule has 3 nitrogen and oxygen atoms in total. The highest BCUT2D eigenvalue weighted by Gasteiger charge is 2.22. The molecule has 0 aliphatic heterocycles. The van der Waals surface area contributed by atoms with Gasteiger partial charge in [-0.05, 0) is 39.0 Å². The van der Waals surface area contributed by atoms with E-state index in [9.17, 15) is 9.18 Å². The molecule has 0 saturated heterocycles. The third-order valence-corrected chi connectivity index (χ3v) is 3.71. The summed E-state index contributed by atoms with van der Waals surface area (Å²) in [6.07, 6.45) is 0. The van der Waals surface area contributed by atoms with Gasteiger partial charge in [-0.15, -0.1) is 0 Å². The van der Waals surface area contributed by atoms with Crippen molar-refractivity contribution in [1.82, 2.24) is 9.88 Å². The lowest BCUT2D eigenvalue weighted by atomic mass is 10.1. The lowest BCUT2D eigenvalue weighted by Crippen LogP contribution is -2.30. The molecule has 4 heteroatoms. The second-order valence-electron chi connectivity index (χ2n) is 5.20. The highest BCUT2D eigenvalue weighted by molar-refractivity contribution is 5.95. The Balaban J connectivity index is 2.29. The molecule has 1 atom stereocenters. The van der Waals surface area contributed by atoms with Gasteiger partial charge in [0.25, 0.3) is 5.91 Å². The standard InChI is InChI=1S/C17H19FN2O/c1-11-9-10-14(12(2)19-11)17(21)20(4)13(3)15-7-5-6-8-16(15)18/h5-10,13H,1-4H3. The van der Waals surface area contributed by atoms with Gasteiger partial charge in [0.15, 0.2) is 0 Å². The van der Waals surface area contributed by atoms with Crippen molar-refractivity contribution in [2.75, 3.05) is 7.05 Å². The van der Waals surface area contributed by atoms with Crippen LogP contribution in [0, 0.1) is 19.7 Å². The van der Waals surface area contributed by atoms with Gasteiger partial charge in [0.1, 0.15) is 5.82 Å². The molecule has 110 valence electrons. The molecule has 0 radical (unpaired) electrons. The number of carbonyl (C=O) groups is 1. The fraction of sp³-hybridized carbons (Fsp3) is 0.294. The van der Waals surface area contributed by atoms with Gasteiger partial charge in [0, 0.05) is 18.3 Å². The van der Waals surface area contributed by atoms with Crippen molar-refractivity contribution >= 4 is 5.91 Å². The van der Waals surface area contributed by atoms with Crippen LogP contribution in [-0.2, 0) is 0 Å². The average Bonchev–Trinajstić information content (AvgIpc) is 2.45. The summed E-state index contributed by atoms with van der Waals surface area (Å²) in [7, 11) is 1.68. The number of hydrogen-bond donors (Lipinski definition) is 0. The molecule has 2 rings (SSSR count). The Morgan fingerprint density at radius 1 is 1.19 bits per heavy atom. The number of benzene rings is 1. The van der Waals surface area contributed by atoms with Crippen LogP contribution in [0.2, 0.25) is 0 Å². The molecule has 0 aliphatic carbocycles. The van der Waals surface area contributed by atoms with Crippen molar-refractivity contribution in [3.8, 4) is 0 Å². The maximum atomic E-state index is 13.8. The van der Waals surface area contributed by atoms with Crippen molar-refractivity contribution < 1.29 is 9.18 Å². The Morgan fingerprint density at radius 3 is 2.48 bits per heavy atom. The van der Waals surface area contributed by atoms with E-state index in [2.05, 4.69) is 4.98 Å². The molecule has 2 aromatic rings. The zero-order valence-electron chi connectivity index (χ0n) is 12.7. The molecular formula is C17H19FN2O. The number of hydrogen-bond acceptors (Lipinski definition) is 2. The van der Waals surface area contributed by atoms with Gasteiger partial charge >= 0.3 is 0 Å². The Hall–Kier alpha value is -2.23. The second-order valence-corrected chi connectivity index (χ2v) is 5.20. The molecule has 0 bridgehead atoms. The maximum absolute atomic E-state index is 13.8. The Labute approximate surface area is 124 Å². The first-order valence-electron chi connectivity index (χ1n) is 6.87. The fourth-order valence-electron chi connectivity index (χ4n) is 2.30. The minimum Gasteiger partial charge on any atom is -0.335 e. The van der Waals surface area contributed by atoms with Gasteiger partial charge in [0.2, 0.25) is 0 Å². The number of carbonyl (C=O) groups excluding carboxylic acids is 1. The summed E-state index contributed by atoms with van der Waals surface area (Å²) >= 11 is 0. The van der Waals surface area contributed by atoms with Gasteiger partial charge < -0.3 is 4.90 Å². The van der Waals surface area contributed by atoms with Gasteiger partial charge in [-0.2, -0.15) is 0 Å². The molecule has 1 heterocycles. The van der Waals surface area contributed by atoms with E-state index < -0.39 is 0 Å². The molecule has 0 spiro atoms. The predicted molar refractivity (Wildman–Crippen MR) is 80.6 cm³/mol.